The number of pyridine rings is 1. The van der Waals surface area contributed by atoms with Gasteiger partial charge in [-0.3, -0.25) is 9.88 Å². The summed E-state index contributed by atoms with van der Waals surface area (Å²) in [6, 6.07) is 4.45. The summed E-state index contributed by atoms with van der Waals surface area (Å²) in [5.41, 5.74) is 1.12. The molecular weight excluding hydrogens is 310 g/mol. The van der Waals surface area contributed by atoms with Crippen LogP contribution in [0.15, 0.2) is 36.1 Å². The van der Waals surface area contributed by atoms with Gasteiger partial charge in [0.15, 0.2) is 0 Å². The van der Waals surface area contributed by atoms with Gasteiger partial charge in [-0.05, 0) is 24.5 Å². The lowest BCUT2D eigenvalue weighted by atomic mass is 10.1. The third kappa shape index (κ3) is 3.45. The predicted molar refractivity (Wildman–Crippen MR) is 88.1 cm³/mol. The van der Waals surface area contributed by atoms with Crippen molar-refractivity contribution in [1.82, 2.24) is 14.9 Å². The number of nitrogens with zero attached hydrogens (tertiary/aromatic N) is 3. The number of ether oxygens (including phenoxy) is 2. The second-order valence-corrected chi connectivity index (χ2v) is 7.07. The van der Waals surface area contributed by atoms with Crippen LogP contribution in [0.4, 0.5) is 0 Å². The normalized spacial score (nSPS) is 27.9. The van der Waals surface area contributed by atoms with Gasteiger partial charge in [0.25, 0.3) is 0 Å². The Hall–Kier alpha value is -1.34. The molecule has 2 fully saturated rings. The van der Waals surface area contributed by atoms with Crippen LogP contribution in [0.3, 0.4) is 0 Å². The van der Waals surface area contributed by atoms with Crippen LogP contribution in [-0.4, -0.2) is 46.3 Å². The fourth-order valence-electron chi connectivity index (χ4n) is 3.56. The number of rotatable bonds is 5. The van der Waals surface area contributed by atoms with E-state index in [2.05, 4.69) is 20.9 Å². The number of thiazole rings is 1. The lowest BCUT2D eigenvalue weighted by Crippen LogP contribution is -2.51. The minimum Gasteiger partial charge on any atom is -0.373 e. The molecule has 1 saturated heterocycles. The molecule has 0 radical (unpaired) electrons. The molecule has 2 aromatic heterocycles. The lowest BCUT2D eigenvalue weighted by Gasteiger charge is -2.38. The highest BCUT2D eigenvalue weighted by Gasteiger charge is 2.43. The van der Waals surface area contributed by atoms with E-state index in [0.29, 0.717) is 12.6 Å². The summed E-state index contributed by atoms with van der Waals surface area (Å²) in [6.07, 6.45) is 8.09. The first-order valence-corrected chi connectivity index (χ1v) is 9.02. The zero-order valence-electron chi connectivity index (χ0n) is 13.0. The first-order valence-electron chi connectivity index (χ1n) is 8.15. The largest absolute Gasteiger partial charge is 0.373 e. The van der Waals surface area contributed by atoms with Crippen LogP contribution in [0.1, 0.15) is 23.4 Å². The van der Waals surface area contributed by atoms with Crippen LogP contribution in [0.5, 0.6) is 0 Å². The van der Waals surface area contributed by atoms with Gasteiger partial charge in [-0.1, -0.05) is 6.07 Å². The van der Waals surface area contributed by atoms with E-state index in [9.17, 15) is 0 Å². The van der Waals surface area contributed by atoms with Gasteiger partial charge < -0.3 is 9.47 Å². The molecule has 0 unspecified atom stereocenters. The van der Waals surface area contributed by atoms with Gasteiger partial charge >= 0.3 is 0 Å². The van der Waals surface area contributed by atoms with Crippen molar-refractivity contribution in [2.24, 2.45) is 0 Å². The van der Waals surface area contributed by atoms with Gasteiger partial charge in [0.1, 0.15) is 5.01 Å². The Morgan fingerprint density at radius 2 is 2.35 bits per heavy atom. The van der Waals surface area contributed by atoms with E-state index in [0.717, 1.165) is 38.1 Å². The summed E-state index contributed by atoms with van der Waals surface area (Å²) < 4.78 is 12.2. The van der Waals surface area contributed by atoms with E-state index in [1.54, 1.807) is 17.5 Å². The molecule has 122 valence electrons. The molecule has 2 aliphatic rings. The van der Waals surface area contributed by atoms with E-state index in [1.807, 2.05) is 23.8 Å². The number of hydrogen-bond donors (Lipinski definition) is 0. The smallest absolute Gasteiger partial charge is 0.107 e. The summed E-state index contributed by atoms with van der Waals surface area (Å²) >= 11 is 1.73. The standard InChI is InChI=1S/C17H21N3O2S/c1-2-13(10-18-5-1)12-22-15-4-3-14-17(15)21-8-7-20(14)11-16-19-6-9-23-16/h1-2,5-6,9-10,14-15,17H,3-4,7-8,11-12H2/t14-,15-,17-/m0/s1. The van der Waals surface area contributed by atoms with Crippen molar-refractivity contribution in [1.29, 1.82) is 0 Å². The first-order chi connectivity index (χ1) is 11.4. The topological polar surface area (TPSA) is 47.5 Å². The molecule has 5 nitrogen and oxygen atoms in total. The molecule has 6 heteroatoms. The Bertz CT molecular complexity index is 608. The van der Waals surface area contributed by atoms with Crippen molar-refractivity contribution in [2.75, 3.05) is 13.2 Å². The quantitative estimate of drug-likeness (QED) is 0.842. The summed E-state index contributed by atoms with van der Waals surface area (Å²) in [5, 5.41) is 3.23. The SMILES string of the molecule is c1cncc(CO[C@H]2CC[C@H]3[C@@H]2OCCN3Cc2nccs2)c1. The minimum absolute atomic E-state index is 0.180. The van der Waals surface area contributed by atoms with E-state index < -0.39 is 0 Å². The molecule has 3 heterocycles. The monoisotopic (exact) mass is 331 g/mol. The van der Waals surface area contributed by atoms with Crippen molar-refractivity contribution in [2.45, 2.75) is 44.2 Å². The van der Waals surface area contributed by atoms with Gasteiger partial charge in [0.2, 0.25) is 0 Å². The van der Waals surface area contributed by atoms with Gasteiger partial charge in [0.05, 0.1) is 32.0 Å². The van der Waals surface area contributed by atoms with Crippen LogP contribution < -0.4 is 0 Å². The molecule has 23 heavy (non-hydrogen) atoms. The van der Waals surface area contributed by atoms with Gasteiger partial charge in [0, 0.05) is 36.6 Å². The van der Waals surface area contributed by atoms with Crippen molar-refractivity contribution >= 4 is 11.3 Å². The molecule has 0 amide bonds. The van der Waals surface area contributed by atoms with Crippen LogP contribution in [-0.2, 0) is 22.6 Å². The zero-order valence-corrected chi connectivity index (χ0v) is 13.8. The third-order valence-corrected chi connectivity index (χ3v) is 5.42. The molecule has 0 N–H and O–H groups in total. The molecule has 0 spiro atoms. The Labute approximate surface area is 140 Å². The molecule has 0 aromatic carbocycles. The molecule has 1 aliphatic heterocycles. The number of morpholine rings is 1. The first kappa shape index (κ1) is 15.2. The Morgan fingerprint density at radius 3 is 3.17 bits per heavy atom. The summed E-state index contributed by atoms with van der Waals surface area (Å²) in [4.78, 5) is 11.1. The van der Waals surface area contributed by atoms with E-state index >= 15 is 0 Å². The summed E-state index contributed by atoms with van der Waals surface area (Å²) in [5.74, 6) is 0. The van der Waals surface area contributed by atoms with E-state index in [4.69, 9.17) is 9.47 Å². The third-order valence-electron chi connectivity index (χ3n) is 4.66. The van der Waals surface area contributed by atoms with Gasteiger partial charge in [-0.25, -0.2) is 4.98 Å². The van der Waals surface area contributed by atoms with Crippen molar-refractivity contribution < 1.29 is 9.47 Å². The Morgan fingerprint density at radius 1 is 1.35 bits per heavy atom. The molecule has 3 atom stereocenters. The number of aromatic nitrogens is 2. The van der Waals surface area contributed by atoms with Crippen LogP contribution in [0.2, 0.25) is 0 Å². The van der Waals surface area contributed by atoms with E-state index in [-0.39, 0.29) is 12.2 Å². The average molecular weight is 331 g/mol. The predicted octanol–water partition coefficient (Wildman–Crippen LogP) is 2.49. The molecule has 1 saturated carbocycles. The molecular formula is C17H21N3O2S. The molecule has 0 bridgehead atoms. The highest BCUT2D eigenvalue weighted by Crippen LogP contribution is 2.33. The van der Waals surface area contributed by atoms with Crippen molar-refractivity contribution in [3.8, 4) is 0 Å². The maximum Gasteiger partial charge on any atom is 0.107 e. The fourth-order valence-corrected chi connectivity index (χ4v) is 4.20. The molecule has 1 aliphatic carbocycles. The number of hydrogen-bond acceptors (Lipinski definition) is 6. The lowest BCUT2D eigenvalue weighted by molar-refractivity contribution is -0.118. The fraction of sp³-hybridized carbons (Fsp3) is 0.529. The maximum absolute atomic E-state index is 6.14. The average Bonchev–Trinajstić information content (AvgIpc) is 3.24. The Kier molecular flexibility index (Phi) is 4.66. The van der Waals surface area contributed by atoms with Crippen LogP contribution in [0, 0.1) is 0 Å². The summed E-state index contributed by atoms with van der Waals surface area (Å²) in [6.45, 7) is 3.30. The zero-order chi connectivity index (χ0) is 15.5. The minimum atomic E-state index is 0.180. The Balaban J connectivity index is 1.37. The van der Waals surface area contributed by atoms with E-state index in [1.165, 1.54) is 5.01 Å². The summed E-state index contributed by atoms with van der Waals surface area (Å²) in [7, 11) is 0. The molecule has 4 rings (SSSR count). The second-order valence-electron chi connectivity index (χ2n) is 6.09. The highest BCUT2D eigenvalue weighted by molar-refractivity contribution is 7.09. The maximum atomic E-state index is 6.14. The van der Waals surface area contributed by atoms with Gasteiger partial charge in [-0.2, -0.15) is 0 Å². The van der Waals surface area contributed by atoms with Gasteiger partial charge in [-0.15, -0.1) is 11.3 Å². The molecule has 2 aromatic rings. The van der Waals surface area contributed by atoms with Crippen LogP contribution in [0.25, 0.3) is 0 Å². The highest BCUT2D eigenvalue weighted by atomic mass is 32.1. The van der Waals surface area contributed by atoms with Crippen LogP contribution >= 0.6 is 11.3 Å². The van der Waals surface area contributed by atoms with Crippen molar-refractivity contribution in [3.05, 3.63) is 46.7 Å². The van der Waals surface area contributed by atoms with Crippen molar-refractivity contribution in [3.63, 3.8) is 0 Å². The second kappa shape index (κ2) is 7.05. The number of fused-ring (bicyclic) bond motifs is 1.